The van der Waals surface area contributed by atoms with E-state index in [9.17, 15) is 14.4 Å². The highest BCUT2D eigenvalue weighted by Gasteiger charge is 2.26. The lowest BCUT2D eigenvalue weighted by Crippen LogP contribution is -2.45. The number of carbonyl (C=O) groups excluding carboxylic acids is 3. The largest absolute Gasteiger partial charge is 0.456 e. The average molecular weight is 399 g/mol. The minimum atomic E-state index is -0.825. The molecule has 0 saturated heterocycles. The van der Waals surface area contributed by atoms with Crippen LogP contribution in [0.15, 0.2) is 30.3 Å². The minimum Gasteiger partial charge on any atom is -0.456 e. The maximum atomic E-state index is 12.6. The van der Waals surface area contributed by atoms with Crippen molar-refractivity contribution in [3.05, 3.63) is 52.8 Å². The number of nitrogens with one attached hydrogen (secondary N) is 1. The van der Waals surface area contributed by atoms with Crippen molar-refractivity contribution in [2.24, 2.45) is 5.41 Å². The fourth-order valence-corrected chi connectivity index (χ4v) is 2.95. The summed E-state index contributed by atoms with van der Waals surface area (Å²) in [5, 5.41) is 2.60. The number of nitrogens with zero attached hydrogens (tertiary/aromatic N) is 1. The third kappa shape index (κ3) is 5.34. The van der Waals surface area contributed by atoms with Gasteiger partial charge in [-0.05, 0) is 45.9 Å². The first-order chi connectivity index (χ1) is 13.4. The van der Waals surface area contributed by atoms with Crippen LogP contribution in [0.3, 0.4) is 0 Å². The van der Waals surface area contributed by atoms with Gasteiger partial charge in [0.25, 0.3) is 0 Å². The van der Waals surface area contributed by atoms with Gasteiger partial charge in [-0.3, -0.25) is 9.59 Å². The highest BCUT2D eigenvalue weighted by molar-refractivity contribution is 5.99. The number of amides is 1. The van der Waals surface area contributed by atoms with Crippen LogP contribution in [0.5, 0.6) is 0 Å². The molecule has 0 aliphatic rings. The lowest BCUT2D eigenvalue weighted by atomic mass is 9.95. The van der Waals surface area contributed by atoms with E-state index in [2.05, 4.69) is 5.32 Å². The molecule has 6 nitrogen and oxygen atoms in total. The Balaban J connectivity index is 2.06. The molecule has 2 rings (SSSR count). The van der Waals surface area contributed by atoms with Crippen LogP contribution in [-0.2, 0) is 14.3 Å². The van der Waals surface area contributed by atoms with Gasteiger partial charge in [0.1, 0.15) is 6.04 Å². The van der Waals surface area contributed by atoms with E-state index in [1.54, 1.807) is 33.8 Å². The number of benzene rings is 1. The van der Waals surface area contributed by atoms with Crippen molar-refractivity contribution < 1.29 is 19.1 Å². The second kappa shape index (κ2) is 8.64. The predicted molar refractivity (Wildman–Crippen MR) is 112 cm³/mol. The molecule has 1 aromatic carbocycles. The number of Topliss-reactive ketones (excluding diaryl/α,β-unsaturated/α-hetero) is 1. The zero-order valence-corrected chi connectivity index (χ0v) is 18.3. The van der Waals surface area contributed by atoms with E-state index in [0.29, 0.717) is 5.56 Å². The molecule has 0 fully saturated rings. The number of esters is 1. The van der Waals surface area contributed by atoms with Crippen LogP contribution >= 0.6 is 0 Å². The van der Waals surface area contributed by atoms with Gasteiger partial charge in [-0.25, -0.2) is 4.79 Å². The van der Waals surface area contributed by atoms with E-state index in [-0.39, 0.29) is 18.3 Å². The molecule has 0 spiro atoms. The van der Waals surface area contributed by atoms with E-state index >= 15 is 0 Å². The van der Waals surface area contributed by atoms with Crippen LogP contribution < -0.4 is 5.32 Å². The molecule has 0 bridgehead atoms. The Morgan fingerprint density at radius 2 is 1.66 bits per heavy atom. The number of ketones is 1. The smallest absolute Gasteiger partial charge is 0.328 e. The molecule has 1 N–H and O–H groups in total. The van der Waals surface area contributed by atoms with Gasteiger partial charge in [-0.2, -0.15) is 0 Å². The maximum Gasteiger partial charge on any atom is 0.328 e. The molecule has 1 aromatic heterocycles. The van der Waals surface area contributed by atoms with E-state index < -0.39 is 17.4 Å². The van der Waals surface area contributed by atoms with Crippen molar-refractivity contribution in [3.8, 4) is 5.69 Å². The minimum absolute atomic E-state index is 0.255. The van der Waals surface area contributed by atoms with Crippen molar-refractivity contribution in [3.63, 3.8) is 0 Å². The summed E-state index contributed by atoms with van der Waals surface area (Å²) in [6, 6.07) is 9.02. The molecule has 1 amide bonds. The number of hydrogen-bond donors (Lipinski definition) is 1. The van der Waals surface area contributed by atoms with Gasteiger partial charge in [0, 0.05) is 28.1 Å². The van der Waals surface area contributed by atoms with Crippen LogP contribution in [0, 0.1) is 26.2 Å². The number of rotatable bonds is 6. The predicted octanol–water partition coefficient (Wildman–Crippen LogP) is 3.68. The van der Waals surface area contributed by atoms with Crippen molar-refractivity contribution in [2.45, 2.75) is 54.5 Å². The molecule has 0 radical (unpaired) electrons. The zero-order valence-electron chi connectivity index (χ0n) is 18.3. The molecule has 0 aliphatic carbocycles. The maximum absolute atomic E-state index is 12.6. The first kappa shape index (κ1) is 22.4. The van der Waals surface area contributed by atoms with E-state index in [1.165, 1.54) is 0 Å². The van der Waals surface area contributed by atoms with E-state index in [0.717, 1.165) is 22.6 Å². The lowest BCUT2D eigenvalue weighted by Gasteiger charge is -2.20. The van der Waals surface area contributed by atoms with Crippen LogP contribution in [0.1, 0.15) is 55.0 Å². The van der Waals surface area contributed by atoms with Crippen molar-refractivity contribution in [2.75, 3.05) is 6.61 Å². The zero-order chi connectivity index (χ0) is 21.9. The second-order valence-electron chi connectivity index (χ2n) is 8.43. The third-order valence-corrected chi connectivity index (χ3v) is 4.75. The highest BCUT2D eigenvalue weighted by atomic mass is 16.5. The Bertz CT molecular complexity index is 918. The van der Waals surface area contributed by atoms with Crippen molar-refractivity contribution in [1.29, 1.82) is 0 Å². The Hall–Kier alpha value is -2.89. The van der Waals surface area contributed by atoms with Crippen LogP contribution in [0.25, 0.3) is 5.69 Å². The summed E-state index contributed by atoms with van der Waals surface area (Å²) >= 11 is 0. The Morgan fingerprint density at radius 3 is 2.21 bits per heavy atom. The van der Waals surface area contributed by atoms with Crippen molar-refractivity contribution in [1.82, 2.24) is 9.88 Å². The summed E-state index contributed by atoms with van der Waals surface area (Å²) in [6.07, 6.45) is 0. The SMILES string of the molecule is Cc1ccc(-n2c(C)cc(C(=O)COC(=O)C(C)NC(=O)C(C)(C)C)c2C)cc1. The number of hydrogen-bond acceptors (Lipinski definition) is 4. The number of ether oxygens (including phenoxy) is 1. The monoisotopic (exact) mass is 398 g/mol. The van der Waals surface area contributed by atoms with Crippen LogP contribution in [0.2, 0.25) is 0 Å². The quantitative estimate of drug-likeness (QED) is 0.595. The highest BCUT2D eigenvalue weighted by Crippen LogP contribution is 2.22. The fraction of sp³-hybridized carbons (Fsp3) is 0.435. The third-order valence-electron chi connectivity index (χ3n) is 4.75. The molecule has 0 aliphatic heterocycles. The van der Waals surface area contributed by atoms with Crippen LogP contribution in [0.4, 0.5) is 0 Å². The average Bonchev–Trinajstić information content (AvgIpc) is 2.93. The normalized spacial score (nSPS) is 12.4. The molecule has 1 unspecified atom stereocenters. The molecule has 2 aromatic rings. The standard InChI is InChI=1S/C23H30N2O4/c1-14-8-10-18(11-9-14)25-15(2)12-19(17(25)4)20(26)13-29-21(27)16(3)24-22(28)23(5,6)7/h8-12,16H,13H2,1-7H3,(H,24,28). The van der Waals surface area contributed by atoms with Crippen LogP contribution in [-0.4, -0.2) is 34.9 Å². The molecule has 6 heteroatoms. The topological polar surface area (TPSA) is 77.4 Å². The summed E-state index contributed by atoms with van der Waals surface area (Å²) in [4.78, 5) is 36.8. The van der Waals surface area contributed by atoms with Crippen molar-refractivity contribution >= 4 is 17.7 Å². The first-order valence-corrected chi connectivity index (χ1v) is 9.68. The Labute approximate surface area is 172 Å². The summed E-state index contributed by atoms with van der Waals surface area (Å²) in [7, 11) is 0. The fourth-order valence-electron chi connectivity index (χ4n) is 2.95. The van der Waals surface area contributed by atoms with Gasteiger partial charge in [-0.1, -0.05) is 38.5 Å². The van der Waals surface area contributed by atoms with Gasteiger partial charge in [0.15, 0.2) is 6.61 Å². The van der Waals surface area contributed by atoms with Gasteiger partial charge < -0.3 is 14.6 Å². The summed E-state index contributed by atoms with van der Waals surface area (Å²) in [6.45, 7) is 12.3. The summed E-state index contributed by atoms with van der Waals surface area (Å²) in [5.41, 5.74) is 3.75. The summed E-state index contributed by atoms with van der Waals surface area (Å²) < 4.78 is 7.15. The molecule has 29 heavy (non-hydrogen) atoms. The number of aryl methyl sites for hydroxylation is 2. The molecular formula is C23H30N2O4. The Kier molecular flexibility index (Phi) is 6.67. The molecule has 1 atom stereocenters. The van der Waals surface area contributed by atoms with Gasteiger partial charge in [0.05, 0.1) is 0 Å². The number of carbonyl (C=O) groups is 3. The summed E-state index contributed by atoms with van der Waals surface area (Å²) in [5.74, 6) is -1.17. The molecular weight excluding hydrogens is 368 g/mol. The van der Waals surface area contributed by atoms with E-state index in [1.807, 2.05) is 49.6 Å². The lowest BCUT2D eigenvalue weighted by molar-refractivity contribution is -0.147. The molecule has 1 heterocycles. The van der Waals surface area contributed by atoms with E-state index in [4.69, 9.17) is 4.74 Å². The van der Waals surface area contributed by atoms with Gasteiger partial charge >= 0.3 is 5.97 Å². The number of aromatic nitrogens is 1. The van der Waals surface area contributed by atoms with Gasteiger partial charge in [-0.15, -0.1) is 0 Å². The second-order valence-corrected chi connectivity index (χ2v) is 8.43. The Morgan fingerprint density at radius 1 is 1.07 bits per heavy atom. The molecule has 156 valence electrons. The van der Waals surface area contributed by atoms with Gasteiger partial charge in [0.2, 0.25) is 11.7 Å². The molecule has 0 saturated carbocycles. The first-order valence-electron chi connectivity index (χ1n) is 9.68.